The average Bonchev–Trinajstić information content (AvgIpc) is 2.54. The van der Waals surface area contributed by atoms with E-state index in [1.54, 1.807) is 0 Å². The maximum absolute atomic E-state index is 11.9. The van der Waals surface area contributed by atoms with Gasteiger partial charge in [-0.15, -0.1) is 0 Å². The Morgan fingerprint density at radius 1 is 1.32 bits per heavy atom. The fourth-order valence-electron chi connectivity index (χ4n) is 2.28. The van der Waals surface area contributed by atoms with Crippen molar-refractivity contribution in [2.45, 2.75) is 57.0 Å². The highest BCUT2D eigenvalue weighted by atomic mass is 32.2. The molecule has 0 aromatic carbocycles. The highest BCUT2D eigenvalue weighted by Crippen LogP contribution is 2.17. The van der Waals surface area contributed by atoms with Crippen LogP contribution in [0.1, 0.15) is 44.9 Å². The van der Waals surface area contributed by atoms with Crippen molar-refractivity contribution in [1.82, 2.24) is 4.72 Å². The van der Waals surface area contributed by atoms with E-state index in [-0.39, 0.29) is 36.6 Å². The molecule has 0 amide bonds. The lowest BCUT2D eigenvalue weighted by molar-refractivity contribution is -0.140. The third-order valence-corrected chi connectivity index (χ3v) is 4.91. The van der Waals surface area contributed by atoms with Crippen LogP contribution in [0.25, 0.3) is 0 Å². The minimum absolute atomic E-state index is 0.0642. The standard InChI is InChI=1S/C12H24N2O4S/c1-18-12(15)8-5-9-19(16,17)14-11-7-4-2-3-6-10(11)13/h10-11,14H,2-9,13H2,1H3. The smallest absolute Gasteiger partial charge is 0.305 e. The van der Waals surface area contributed by atoms with Gasteiger partial charge in [-0.05, 0) is 19.3 Å². The van der Waals surface area contributed by atoms with E-state index in [2.05, 4.69) is 9.46 Å². The maximum Gasteiger partial charge on any atom is 0.305 e. The SMILES string of the molecule is COC(=O)CCCS(=O)(=O)NC1CCCCCC1N. The number of carbonyl (C=O) groups is 1. The molecule has 7 heteroatoms. The van der Waals surface area contributed by atoms with Gasteiger partial charge in [0.2, 0.25) is 10.0 Å². The van der Waals surface area contributed by atoms with E-state index in [1.807, 2.05) is 0 Å². The van der Waals surface area contributed by atoms with Crippen LogP contribution < -0.4 is 10.5 Å². The molecule has 0 aromatic rings. The van der Waals surface area contributed by atoms with Crippen LogP contribution in [0.4, 0.5) is 0 Å². The normalized spacial score (nSPS) is 24.7. The van der Waals surface area contributed by atoms with Gasteiger partial charge in [-0.3, -0.25) is 4.79 Å². The highest BCUT2D eigenvalue weighted by molar-refractivity contribution is 7.89. The summed E-state index contributed by atoms with van der Waals surface area (Å²) in [7, 11) is -2.08. The van der Waals surface area contributed by atoms with E-state index in [1.165, 1.54) is 7.11 Å². The number of ether oxygens (including phenoxy) is 1. The second kappa shape index (κ2) is 7.81. The first kappa shape index (κ1) is 16.4. The van der Waals surface area contributed by atoms with Crippen LogP contribution in [-0.4, -0.2) is 39.3 Å². The van der Waals surface area contributed by atoms with Crippen molar-refractivity contribution in [2.24, 2.45) is 5.73 Å². The van der Waals surface area contributed by atoms with E-state index in [4.69, 9.17) is 5.73 Å². The first-order valence-corrected chi connectivity index (χ1v) is 8.42. The Kier molecular flexibility index (Phi) is 6.74. The number of esters is 1. The summed E-state index contributed by atoms with van der Waals surface area (Å²) in [5.74, 6) is -0.452. The lowest BCUT2D eigenvalue weighted by Gasteiger charge is -2.22. The van der Waals surface area contributed by atoms with Gasteiger partial charge in [0.05, 0.1) is 12.9 Å². The summed E-state index contributed by atoms with van der Waals surface area (Å²) >= 11 is 0. The van der Waals surface area contributed by atoms with E-state index < -0.39 is 10.0 Å². The third kappa shape index (κ3) is 6.35. The van der Waals surface area contributed by atoms with Crippen molar-refractivity contribution in [2.75, 3.05) is 12.9 Å². The fourth-order valence-corrected chi connectivity index (χ4v) is 3.68. The monoisotopic (exact) mass is 292 g/mol. The molecule has 6 nitrogen and oxygen atoms in total. The summed E-state index contributed by atoms with van der Waals surface area (Å²) in [6.45, 7) is 0. The fraction of sp³-hybridized carbons (Fsp3) is 0.917. The predicted molar refractivity (Wildman–Crippen MR) is 73.0 cm³/mol. The number of nitrogens with one attached hydrogen (secondary N) is 1. The van der Waals surface area contributed by atoms with Gasteiger partial charge in [0.25, 0.3) is 0 Å². The number of sulfonamides is 1. The van der Waals surface area contributed by atoms with Crippen molar-refractivity contribution in [1.29, 1.82) is 0 Å². The molecule has 112 valence electrons. The van der Waals surface area contributed by atoms with Gasteiger partial charge in [0.15, 0.2) is 0 Å². The molecule has 0 aliphatic heterocycles. The lowest BCUT2D eigenvalue weighted by atomic mass is 10.1. The van der Waals surface area contributed by atoms with Crippen molar-refractivity contribution in [3.05, 3.63) is 0 Å². The second-order valence-corrected chi connectivity index (χ2v) is 6.90. The minimum Gasteiger partial charge on any atom is -0.469 e. The number of nitrogens with two attached hydrogens (primary N) is 1. The van der Waals surface area contributed by atoms with E-state index in [0.29, 0.717) is 0 Å². The Bertz CT molecular complexity index is 383. The zero-order valence-corrected chi connectivity index (χ0v) is 12.2. The van der Waals surface area contributed by atoms with Crippen molar-refractivity contribution in [3.63, 3.8) is 0 Å². The molecule has 1 rings (SSSR count). The Balaban J connectivity index is 2.42. The Hall–Kier alpha value is -0.660. The molecule has 2 unspecified atom stereocenters. The molecule has 1 aliphatic rings. The number of carbonyl (C=O) groups excluding carboxylic acids is 1. The van der Waals surface area contributed by atoms with Crippen LogP contribution in [0.3, 0.4) is 0 Å². The summed E-state index contributed by atoms with van der Waals surface area (Å²) in [6, 6.07) is -0.288. The molecule has 1 saturated carbocycles. The van der Waals surface area contributed by atoms with Crippen LogP contribution in [0, 0.1) is 0 Å². The van der Waals surface area contributed by atoms with E-state index in [9.17, 15) is 13.2 Å². The van der Waals surface area contributed by atoms with Crippen molar-refractivity contribution < 1.29 is 17.9 Å². The van der Waals surface area contributed by atoms with Crippen LogP contribution in [0.15, 0.2) is 0 Å². The molecule has 0 saturated heterocycles. The van der Waals surface area contributed by atoms with Crippen LogP contribution >= 0.6 is 0 Å². The highest BCUT2D eigenvalue weighted by Gasteiger charge is 2.24. The molecule has 0 radical (unpaired) electrons. The first-order valence-electron chi connectivity index (χ1n) is 6.77. The quantitative estimate of drug-likeness (QED) is 0.549. The summed E-state index contributed by atoms with van der Waals surface area (Å²) in [5, 5.41) is 0. The van der Waals surface area contributed by atoms with Gasteiger partial charge in [-0.2, -0.15) is 0 Å². The summed E-state index contributed by atoms with van der Waals surface area (Å²) < 4.78 is 31.0. The predicted octanol–water partition coefficient (Wildman–Crippen LogP) is 0.519. The molecule has 2 atom stereocenters. The summed E-state index contributed by atoms with van der Waals surface area (Å²) in [4.78, 5) is 10.9. The molecule has 1 aliphatic carbocycles. The summed E-state index contributed by atoms with van der Waals surface area (Å²) in [6.07, 6.45) is 5.20. The third-order valence-electron chi connectivity index (χ3n) is 3.42. The van der Waals surface area contributed by atoms with Gasteiger partial charge in [-0.1, -0.05) is 19.3 Å². The molecule has 1 fully saturated rings. The Labute approximate surface area is 115 Å². The minimum atomic E-state index is -3.37. The van der Waals surface area contributed by atoms with Crippen molar-refractivity contribution in [3.8, 4) is 0 Å². The van der Waals surface area contributed by atoms with Gasteiger partial charge in [-0.25, -0.2) is 13.1 Å². The van der Waals surface area contributed by atoms with Crippen LogP contribution in [-0.2, 0) is 19.6 Å². The van der Waals surface area contributed by atoms with Crippen LogP contribution in [0.2, 0.25) is 0 Å². The van der Waals surface area contributed by atoms with Gasteiger partial charge >= 0.3 is 5.97 Å². The molecule has 19 heavy (non-hydrogen) atoms. The average molecular weight is 292 g/mol. The molecule has 0 heterocycles. The zero-order valence-electron chi connectivity index (χ0n) is 11.4. The van der Waals surface area contributed by atoms with Crippen molar-refractivity contribution >= 4 is 16.0 Å². The Morgan fingerprint density at radius 2 is 2.00 bits per heavy atom. The molecule has 0 aromatic heterocycles. The van der Waals surface area contributed by atoms with Gasteiger partial charge < -0.3 is 10.5 Å². The molecule has 0 spiro atoms. The van der Waals surface area contributed by atoms with Crippen LogP contribution in [0.5, 0.6) is 0 Å². The largest absolute Gasteiger partial charge is 0.469 e. The summed E-state index contributed by atoms with van der Waals surface area (Å²) in [5.41, 5.74) is 5.98. The lowest BCUT2D eigenvalue weighted by Crippen LogP contribution is -2.47. The maximum atomic E-state index is 11.9. The number of hydrogen-bond donors (Lipinski definition) is 2. The Morgan fingerprint density at radius 3 is 2.68 bits per heavy atom. The zero-order chi connectivity index (χ0) is 14.3. The molecule has 3 N–H and O–H groups in total. The van der Waals surface area contributed by atoms with Gasteiger partial charge in [0, 0.05) is 18.5 Å². The molecular formula is C12H24N2O4S. The molecular weight excluding hydrogens is 268 g/mol. The topological polar surface area (TPSA) is 98.5 Å². The molecule has 0 bridgehead atoms. The second-order valence-electron chi connectivity index (χ2n) is 5.02. The van der Waals surface area contributed by atoms with E-state index in [0.717, 1.165) is 32.1 Å². The number of rotatable bonds is 6. The first-order chi connectivity index (χ1) is 8.94. The number of hydrogen-bond acceptors (Lipinski definition) is 5. The number of methoxy groups -OCH3 is 1. The van der Waals surface area contributed by atoms with E-state index >= 15 is 0 Å². The van der Waals surface area contributed by atoms with Gasteiger partial charge in [0.1, 0.15) is 0 Å².